The normalized spacial score (nSPS) is 11.0. The Balaban J connectivity index is 2.23. The van der Waals surface area contributed by atoms with E-state index in [2.05, 4.69) is 4.98 Å². The number of aromatic nitrogens is 1. The molecule has 2 aromatic carbocycles. The van der Waals surface area contributed by atoms with Crippen LogP contribution in [-0.4, -0.2) is 4.98 Å². The number of aryl methyl sites for hydroxylation is 1. The van der Waals surface area contributed by atoms with Crippen LogP contribution in [0.4, 0.5) is 10.1 Å². The Morgan fingerprint density at radius 2 is 2.06 bits per heavy atom. The number of para-hydroxylation sites is 1. The van der Waals surface area contributed by atoms with Gasteiger partial charge in [-0.05, 0) is 36.8 Å². The number of hydrogen-bond donors (Lipinski definition) is 1. The number of nitrogens with zero attached hydrogens (tertiary/aromatic N) is 1. The number of halogens is 1. The van der Waals surface area contributed by atoms with Crippen molar-refractivity contribution in [1.82, 2.24) is 4.98 Å². The Kier molecular flexibility index (Phi) is 2.30. The number of nitrogen functional groups attached to an aromatic ring is 1. The van der Waals surface area contributed by atoms with E-state index < -0.39 is 0 Å². The van der Waals surface area contributed by atoms with Gasteiger partial charge in [-0.1, -0.05) is 12.1 Å². The Hall–Kier alpha value is -2.36. The molecule has 0 radical (unpaired) electrons. The van der Waals surface area contributed by atoms with Gasteiger partial charge < -0.3 is 10.2 Å². The number of nitrogens with two attached hydrogens (primary N) is 1. The molecular weight excluding hydrogens is 231 g/mol. The van der Waals surface area contributed by atoms with Gasteiger partial charge in [0.15, 0.2) is 5.58 Å². The lowest BCUT2D eigenvalue weighted by molar-refractivity contribution is 0.593. The van der Waals surface area contributed by atoms with E-state index in [-0.39, 0.29) is 11.7 Å². The van der Waals surface area contributed by atoms with Crippen molar-refractivity contribution in [3.63, 3.8) is 0 Å². The van der Waals surface area contributed by atoms with Crippen LogP contribution in [0.15, 0.2) is 40.8 Å². The molecule has 3 rings (SSSR count). The zero-order chi connectivity index (χ0) is 12.7. The van der Waals surface area contributed by atoms with Crippen molar-refractivity contribution < 1.29 is 8.81 Å². The fourth-order valence-corrected chi connectivity index (χ4v) is 1.88. The number of rotatable bonds is 1. The predicted molar refractivity (Wildman–Crippen MR) is 68.6 cm³/mol. The zero-order valence-corrected chi connectivity index (χ0v) is 9.77. The van der Waals surface area contributed by atoms with Gasteiger partial charge in [-0.3, -0.25) is 0 Å². The van der Waals surface area contributed by atoms with Crippen LogP contribution in [-0.2, 0) is 0 Å². The molecule has 0 unspecified atom stereocenters. The number of fused-ring (bicyclic) bond motifs is 1. The van der Waals surface area contributed by atoms with E-state index in [0.717, 1.165) is 5.56 Å². The molecule has 0 amide bonds. The third kappa shape index (κ3) is 1.62. The molecule has 0 aliphatic carbocycles. The lowest BCUT2D eigenvalue weighted by Gasteiger charge is -1.98. The maximum atomic E-state index is 13.8. The lowest BCUT2D eigenvalue weighted by Crippen LogP contribution is -1.87. The smallest absolute Gasteiger partial charge is 0.230 e. The second kappa shape index (κ2) is 3.84. The average molecular weight is 242 g/mol. The van der Waals surface area contributed by atoms with Crippen LogP contribution in [0.3, 0.4) is 0 Å². The summed E-state index contributed by atoms with van der Waals surface area (Å²) in [6.07, 6.45) is 0. The fraction of sp³-hybridized carbons (Fsp3) is 0.0714. The first-order valence-electron chi connectivity index (χ1n) is 5.57. The summed E-state index contributed by atoms with van der Waals surface area (Å²) in [6, 6.07) is 10.2. The topological polar surface area (TPSA) is 52.0 Å². The van der Waals surface area contributed by atoms with E-state index >= 15 is 0 Å². The highest BCUT2D eigenvalue weighted by atomic mass is 19.1. The van der Waals surface area contributed by atoms with Gasteiger partial charge >= 0.3 is 0 Å². The van der Waals surface area contributed by atoms with E-state index in [1.54, 1.807) is 24.3 Å². The fourth-order valence-electron chi connectivity index (χ4n) is 1.88. The number of benzene rings is 2. The highest BCUT2D eigenvalue weighted by molar-refractivity contribution is 5.87. The highest BCUT2D eigenvalue weighted by Gasteiger charge is 2.13. The molecule has 0 aliphatic heterocycles. The molecule has 0 atom stereocenters. The largest absolute Gasteiger partial charge is 0.436 e. The molecule has 90 valence electrons. The van der Waals surface area contributed by atoms with Crippen LogP contribution in [0.2, 0.25) is 0 Å². The molecule has 18 heavy (non-hydrogen) atoms. The van der Waals surface area contributed by atoms with Gasteiger partial charge in [0.05, 0.1) is 11.3 Å². The Morgan fingerprint density at radius 3 is 2.78 bits per heavy atom. The highest BCUT2D eigenvalue weighted by Crippen LogP contribution is 2.29. The Labute approximate surface area is 103 Å². The van der Waals surface area contributed by atoms with Gasteiger partial charge in [-0.15, -0.1) is 0 Å². The van der Waals surface area contributed by atoms with Crippen LogP contribution in [0.1, 0.15) is 5.56 Å². The summed E-state index contributed by atoms with van der Waals surface area (Å²) in [5.74, 6) is -0.0967. The molecule has 0 saturated carbocycles. The lowest BCUT2D eigenvalue weighted by atomic mass is 10.1. The molecular formula is C14H11FN2O. The van der Waals surface area contributed by atoms with Crippen LogP contribution in [0.25, 0.3) is 22.6 Å². The second-order valence-corrected chi connectivity index (χ2v) is 4.20. The summed E-state index contributed by atoms with van der Waals surface area (Å²) in [4.78, 5) is 4.24. The van der Waals surface area contributed by atoms with Crippen molar-refractivity contribution >= 4 is 16.8 Å². The molecule has 1 aromatic heterocycles. The predicted octanol–water partition coefficient (Wildman–Crippen LogP) is 3.52. The molecule has 0 fully saturated rings. The maximum Gasteiger partial charge on any atom is 0.230 e. The molecule has 1 heterocycles. The minimum atomic E-state index is -0.347. The molecule has 3 aromatic rings. The van der Waals surface area contributed by atoms with Crippen LogP contribution in [0, 0.1) is 12.7 Å². The summed E-state index contributed by atoms with van der Waals surface area (Å²) < 4.78 is 19.4. The van der Waals surface area contributed by atoms with E-state index in [9.17, 15) is 4.39 Å². The van der Waals surface area contributed by atoms with Crippen molar-refractivity contribution in [2.75, 3.05) is 5.73 Å². The summed E-state index contributed by atoms with van der Waals surface area (Å²) in [7, 11) is 0. The van der Waals surface area contributed by atoms with E-state index in [4.69, 9.17) is 10.2 Å². The van der Waals surface area contributed by atoms with Gasteiger partial charge in [-0.25, -0.2) is 9.37 Å². The third-order valence-corrected chi connectivity index (χ3v) is 2.81. The van der Waals surface area contributed by atoms with Crippen LogP contribution < -0.4 is 5.73 Å². The summed E-state index contributed by atoms with van der Waals surface area (Å²) in [5, 5.41) is 0. The van der Waals surface area contributed by atoms with Crippen LogP contribution in [0.5, 0.6) is 0 Å². The van der Waals surface area contributed by atoms with Crippen LogP contribution >= 0.6 is 0 Å². The van der Waals surface area contributed by atoms with E-state index in [1.807, 2.05) is 13.0 Å². The number of anilines is 1. The SMILES string of the molecule is Cc1ccc(-c2nc3c(N)cccc3o2)c(F)c1. The number of hydrogen-bond acceptors (Lipinski definition) is 3. The maximum absolute atomic E-state index is 13.8. The first kappa shape index (κ1) is 10.8. The zero-order valence-electron chi connectivity index (χ0n) is 9.77. The van der Waals surface area contributed by atoms with Crippen molar-refractivity contribution in [3.8, 4) is 11.5 Å². The molecule has 0 spiro atoms. The minimum absolute atomic E-state index is 0.250. The van der Waals surface area contributed by atoms with Crippen molar-refractivity contribution in [2.45, 2.75) is 6.92 Å². The Morgan fingerprint density at radius 1 is 1.22 bits per heavy atom. The first-order valence-corrected chi connectivity index (χ1v) is 5.57. The van der Waals surface area contributed by atoms with Crippen molar-refractivity contribution in [1.29, 1.82) is 0 Å². The summed E-state index contributed by atoms with van der Waals surface area (Å²) in [6.45, 7) is 1.83. The molecule has 0 saturated heterocycles. The minimum Gasteiger partial charge on any atom is -0.436 e. The van der Waals surface area contributed by atoms with Gasteiger partial charge in [0.2, 0.25) is 5.89 Å². The second-order valence-electron chi connectivity index (χ2n) is 4.20. The van der Waals surface area contributed by atoms with Gasteiger partial charge in [0, 0.05) is 0 Å². The molecule has 2 N–H and O–H groups in total. The molecule has 3 nitrogen and oxygen atoms in total. The Bertz CT molecular complexity index is 734. The average Bonchev–Trinajstić information content (AvgIpc) is 2.74. The van der Waals surface area contributed by atoms with Crippen molar-refractivity contribution in [2.24, 2.45) is 0 Å². The molecule has 4 heteroatoms. The first-order chi connectivity index (χ1) is 8.65. The van der Waals surface area contributed by atoms with E-state index in [1.165, 1.54) is 6.07 Å². The standard InChI is InChI=1S/C14H11FN2O/c1-8-5-6-9(10(15)7-8)14-17-13-11(16)3-2-4-12(13)18-14/h2-7H,16H2,1H3. The van der Waals surface area contributed by atoms with Gasteiger partial charge in [-0.2, -0.15) is 0 Å². The summed E-state index contributed by atoms with van der Waals surface area (Å²) in [5.41, 5.74) is 8.64. The monoisotopic (exact) mass is 242 g/mol. The van der Waals surface area contributed by atoms with E-state index in [0.29, 0.717) is 22.4 Å². The molecule has 0 aliphatic rings. The molecule has 0 bridgehead atoms. The third-order valence-electron chi connectivity index (χ3n) is 2.81. The van der Waals surface area contributed by atoms with Gasteiger partial charge in [0.25, 0.3) is 0 Å². The summed E-state index contributed by atoms with van der Waals surface area (Å²) >= 11 is 0. The van der Waals surface area contributed by atoms with Crippen molar-refractivity contribution in [3.05, 3.63) is 47.8 Å². The van der Waals surface area contributed by atoms with Gasteiger partial charge in [0.1, 0.15) is 11.3 Å². The quantitative estimate of drug-likeness (QED) is 0.664. The number of oxazole rings is 1.